The first-order valence-corrected chi connectivity index (χ1v) is 12.4. The fraction of sp³-hybridized carbons (Fsp3) is 0.125. The third-order valence-corrected chi connectivity index (χ3v) is 7.41. The average Bonchev–Trinajstić information content (AvgIpc) is 3.32. The van der Waals surface area contributed by atoms with Crippen LogP contribution >= 0.6 is 11.3 Å². The van der Waals surface area contributed by atoms with Crippen molar-refractivity contribution in [3.63, 3.8) is 0 Å². The summed E-state index contributed by atoms with van der Waals surface area (Å²) in [5.41, 5.74) is 0.749. The van der Waals surface area contributed by atoms with E-state index in [9.17, 15) is 17.6 Å². The van der Waals surface area contributed by atoms with Crippen molar-refractivity contribution in [2.24, 2.45) is 0 Å². The molecule has 164 valence electrons. The number of amides is 1. The highest BCUT2D eigenvalue weighted by atomic mass is 32.2. The van der Waals surface area contributed by atoms with E-state index in [2.05, 4.69) is 10.0 Å². The molecular formula is C24H21FN2O3S2. The molecule has 1 atom stereocenters. The molecule has 0 aliphatic carbocycles. The van der Waals surface area contributed by atoms with Gasteiger partial charge in [0.25, 0.3) is 0 Å². The van der Waals surface area contributed by atoms with Crippen molar-refractivity contribution < 1.29 is 17.6 Å². The number of rotatable bonds is 8. The molecule has 0 aliphatic rings. The summed E-state index contributed by atoms with van der Waals surface area (Å²) in [6.07, 6.45) is -0.0319. The molecule has 1 amide bonds. The van der Waals surface area contributed by atoms with Crippen molar-refractivity contribution >= 4 is 38.0 Å². The fourth-order valence-electron chi connectivity index (χ4n) is 3.38. The maximum atomic E-state index is 13.3. The van der Waals surface area contributed by atoms with Crippen LogP contribution in [0.2, 0.25) is 0 Å². The van der Waals surface area contributed by atoms with E-state index in [-0.39, 0.29) is 29.6 Å². The van der Waals surface area contributed by atoms with E-state index in [1.54, 1.807) is 30.3 Å². The molecule has 8 heteroatoms. The van der Waals surface area contributed by atoms with Crippen molar-refractivity contribution in [2.75, 3.05) is 6.54 Å². The van der Waals surface area contributed by atoms with Crippen molar-refractivity contribution in [1.82, 2.24) is 10.0 Å². The predicted molar refractivity (Wildman–Crippen MR) is 124 cm³/mol. The molecule has 1 unspecified atom stereocenters. The molecule has 1 aromatic heterocycles. The van der Waals surface area contributed by atoms with E-state index in [1.807, 2.05) is 41.8 Å². The number of carbonyl (C=O) groups is 1. The van der Waals surface area contributed by atoms with Crippen LogP contribution in [-0.2, 0) is 14.8 Å². The largest absolute Gasteiger partial charge is 0.344 e. The van der Waals surface area contributed by atoms with Gasteiger partial charge in [-0.3, -0.25) is 4.79 Å². The van der Waals surface area contributed by atoms with Crippen LogP contribution in [0, 0.1) is 5.82 Å². The Bertz CT molecular complexity index is 1320. The number of thiophene rings is 1. The number of hydrogen-bond acceptors (Lipinski definition) is 4. The Morgan fingerprint density at radius 3 is 2.41 bits per heavy atom. The Morgan fingerprint density at radius 1 is 0.938 bits per heavy atom. The summed E-state index contributed by atoms with van der Waals surface area (Å²) in [5, 5.41) is 6.59. The number of benzene rings is 3. The van der Waals surface area contributed by atoms with E-state index in [1.165, 1.54) is 23.5 Å². The topological polar surface area (TPSA) is 75.3 Å². The monoisotopic (exact) mass is 468 g/mol. The Morgan fingerprint density at radius 2 is 1.69 bits per heavy atom. The minimum Gasteiger partial charge on any atom is -0.344 e. The van der Waals surface area contributed by atoms with Crippen molar-refractivity contribution in [3.8, 4) is 0 Å². The number of sulfonamides is 1. The molecule has 0 spiro atoms. The number of fused-ring (bicyclic) bond motifs is 1. The summed E-state index contributed by atoms with van der Waals surface area (Å²) in [4.78, 5) is 13.6. The van der Waals surface area contributed by atoms with Gasteiger partial charge in [-0.1, -0.05) is 48.5 Å². The highest BCUT2D eigenvalue weighted by molar-refractivity contribution is 7.89. The van der Waals surface area contributed by atoms with Crippen LogP contribution in [0.3, 0.4) is 0 Å². The highest BCUT2D eigenvalue weighted by Gasteiger charge is 2.19. The molecule has 0 fully saturated rings. The quantitative estimate of drug-likeness (QED) is 0.396. The molecule has 1 heterocycles. The third-order valence-electron chi connectivity index (χ3n) is 5.01. The van der Waals surface area contributed by atoms with Crippen LogP contribution in [0.4, 0.5) is 4.39 Å². The lowest BCUT2D eigenvalue weighted by Gasteiger charge is -2.18. The van der Waals surface area contributed by atoms with E-state index >= 15 is 0 Å². The number of hydrogen-bond donors (Lipinski definition) is 2. The van der Waals surface area contributed by atoms with E-state index in [0.29, 0.717) is 0 Å². The zero-order valence-electron chi connectivity index (χ0n) is 17.0. The Labute approximate surface area is 190 Å². The second kappa shape index (κ2) is 9.60. The second-order valence-corrected chi connectivity index (χ2v) is 9.97. The SMILES string of the molecule is O=C(CCNS(=O)(=O)c1ccc2ccccc2c1)NC(c1ccc(F)cc1)c1cccs1. The zero-order chi connectivity index (χ0) is 22.6. The molecule has 4 aromatic rings. The summed E-state index contributed by atoms with van der Waals surface area (Å²) in [6, 6.07) is 21.7. The van der Waals surface area contributed by atoms with Gasteiger partial charge < -0.3 is 5.32 Å². The zero-order valence-corrected chi connectivity index (χ0v) is 18.6. The minimum absolute atomic E-state index is 0.0319. The van der Waals surface area contributed by atoms with Crippen molar-refractivity contribution in [2.45, 2.75) is 17.4 Å². The van der Waals surface area contributed by atoms with Gasteiger partial charge in [-0.15, -0.1) is 11.3 Å². The minimum atomic E-state index is -3.75. The standard InChI is InChI=1S/C24H21FN2O3S2/c25-20-10-7-18(8-11-20)24(22-6-3-15-31-22)27-23(28)13-14-26-32(29,30)21-12-9-17-4-1-2-5-19(17)16-21/h1-12,15-16,24,26H,13-14H2,(H,27,28). The first kappa shape index (κ1) is 22.1. The van der Waals surface area contributed by atoms with Gasteiger partial charge in [-0.05, 0) is 52.0 Å². The first-order valence-electron chi connectivity index (χ1n) is 9.99. The molecule has 0 saturated carbocycles. The number of nitrogens with one attached hydrogen (secondary N) is 2. The van der Waals surface area contributed by atoms with Gasteiger partial charge in [0, 0.05) is 17.8 Å². The maximum Gasteiger partial charge on any atom is 0.240 e. The molecule has 0 radical (unpaired) electrons. The van der Waals surface area contributed by atoms with Gasteiger partial charge in [0.1, 0.15) is 5.82 Å². The van der Waals surface area contributed by atoms with E-state index < -0.39 is 16.1 Å². The van der Waals surface area contributed by atoms with E-state index in [0.717, 1.165) is 21.2 Å². The van der Waals surface area contributed by atoms with Crippen molar-refractivity contribution in [3.05, 3.63) is 101 Å². The van der Waals surface area contributed by atoms with Gasteiger partial charge in [-0.2, -0.15) is 0 Å². The van der Waals surface area contributed by atoms with Crippen LogP contribution in [0.15, 0.2) is 89.1 Å². The van der Waals surface area contributed by atoms with E-state index in [4.69, 9.17) is 0 Å². The van der Waals surface area contributed by atoms with Crippen LogP contribution in [-0.4, -0.2) is 20.9 Å². The number of halogens is 1. The fourth-order valence-corrected chi connectivity index (χ4v) is 5.25. The molecule has 0 saturated heterocycles. The molecule has 3 aromatic carbocycles. The summed E-state index contributed by atoms with van der Waals surface area (Å²) < 4.78 is 41.1. The summed E-state index contributed by atoms with van der Waals surface area (Å²) >= 11 is 1.48. The molecule has 0 bridgehead atoms. The summed E-state index contributed by atoms with van der Waals surface area (Å²) in [6.45, 7) is -0.0401. The molecule has 4 rings (SSSR count). The molecule has 0 aliphatic heterocycles. The van der Waals surface area contributed by atoms with Gasteiger partial charge in [0.05, 0.1) is 10.9 Å². The predicted octanol–water partition coefficient (Wildman–Crippen LogP) is 4.61. The molecular weight excluding hydrogens is 447 g/mol. The Kier molecular flexibility index (Phi) is 6.64. The van der Waals surface area contributed by atoms with Gasteiger partial charge >= 0.3 is 0 Å². The second-order valence-electron chi connectivity index (χ2n) is 7.22. The van der Waals surface area contributed by atoms with Crippen LogP contribution in [0.25, 0.3) is 10.8 Å². The smallest absolute Gasteiger partial charge is 0.240 e. The average molecular weight is 469 g/mol. The van der Waals surface area contributed by atoms with Gasteiger partial charge in [-0.25, -0.2) is 17.5 Å². The first-order chi connectivity index (χ1) is 15.4. The molecule has 32 heavy (non-hydrogen) atoms. The third kappa shape index (κ3) is 5.21. The van der Waals surface area contributed by atoms with Crippen LogP contribution in [0.1, 0.15) is 22.9 Å². The van der Waals surface area contributed by atoms with Gasteiger partial charge in [0.15, 0.2) is 0 Å². The lowest BCUT2D eigenvalue weighted by atomic mass is 10.1. The van der Waals surface area contributed by atoms with Gasteiger partial charge in [0.2, 0.25) is 15.9 Å². The normalized spacial score (nSPS) is 12.5. The lowest BCUT2D eigenvalue weighted by molar-refractivity contribution is -0.121. The van der Waals surface area contributed by atoms with Crippen LogP contribution in [0.5, 0.6) is 0 Å². The Balaban J connectivity index is 1.40. The number of carbonyl (C=O) groups excluding carboxylic acids is 1. The Hall–Kier alpha value is -3.07. The maximum absolute atomic E-state index is 13.3. The summed E-state index contributed by atoms with van der Waals surface area (Å²) in [7, 11) is -3.75. The molecule has 5 nitrogen and oxygen atoms in total. The lowest BCUT2D eigenvalue weighted by Crippen LogP contribution is -2.33. The van der Waals surface area contributed by atoms with Crippen LogP contribution < -0.4 is 10.0 Å². The highest BCUT2D eigenvalue weighted by Crippen LogP contribution is 2.26. The van der Waals surface area contributed by atoms with Crippen molar-refractivity contribution in [1.29, 1.82) is 0 Å². The molecule has 2 N–H and O–H groups in total. The summed E-state index contributed by atoms with van der Waals surface area (Å²) in [5.74, 6) is -0.665.